The van der Waals surface area contributed by atoms with Crippen LogP contribution in [0.5, 0.6) is 5.75 Å². The number of benzene rings is 1. The Morgan fingerprint density at radius 2 is 1.82 bits per heavy atom. The Labute approximate surface area is 104 Å². The van der Waals surface area contributed by atoms with E-state index in [1.54, 1.807) is 7.11 Å². The predicted octanol–water partition coefficient (Wildman–Crippen LogP) is 3.10. The van der Waals surface area contributed by atoms with E-state index in [0.29, 0.717) is 5.41 Å². The summed E-state index contributed by atoms with van der Waals surface area (Å²) in [6.07, 6.45) is 3.64. The first-order valence-corrected chi connectivity index (χ1v) is 6.36. The van der Waals surface area contributed by atoms with Gasteiger partial charge in [0.1, 0.15) is 5.75 Å². The summed E-state index contributed by atoms with van der Waals surface area (Å²) < 4.78 is 5.21. The van der Waals surface area contributed by atoms with Crippen molar-refractivity contribution in [1.82, 2.24) is 0 Å². The molecule has 1 aliphatic rings. The van der Waals surface area contributed by atoms with E-state index in [1.807, 2.05) is 12.1 Å². The molecule has 0 aliphatic heterocycles. The van der Waals surface area contributed by atoms with Crippen LogP contribution in [0, 0.1) is 5.41 Å². The Bertz CT molecular complexity index is 382. The topological polar surface area (TPSA) is 35.2 Å². The Balaban J connectivity index is 2.29. The lowest BCUT2D eigenvalue weighted by Gasteiger charge is -2.30. The van der Waals surface area contributed by atoms with E-state index < -0.39 is 0 Å². The van der Waals surface area contributed by atoms with Gasteiger partial charge in [-0.15, -0.1) is 0 Å². The minimum Gasteiger partial charge on any atom is -0.497 e. The van der Waals surface area contributed by atoms with Crippen LogP contribution >= 0.6 is 0 Å². The number of methoxy groups -OCH3 is 1. The van der Waals surface area contributed by atoms with Crippen LogP contribution in [0.15, 0.2) is 24.3 Å². The Kier molecular flexibility index (Phi) is 3.17. The smallest absolute Gasteiger partial charge is 0.118 e. The van der Waals surface area contributed by atoms with Crippen molar-refractivity contribution in [3.05, 3.63) is 29.8 Å². The van der Waals surface area contributed by atoms with Crippen molar-refractivity contribution in [3.8, 4) is 5.75 Å². The molecule has 1 aromatic rings. The van der Waals surface area contributed by atoms with Crippen LogP contribution in [0.3, 0.4) is 0 Å². The van der Waals surface area contributed by atoms with Crippen molar-refractivity contribution in [2.45, 2.75) is 38.5 Å². The van der Waals surface area contributed by atoms with E-state index in [9.17, 15) is 0 Å². The summed E-state index contributed by atoms with van der Waals surface area (Å²) >= 11 is 0. The van der Waals surface area contributed by atoms with Gasteiger partial charge < -0.3 is 10.5 Å². The van der Waals surface area contributed by atoms with Crippen LogP contribution in [-0.4, -0.2) is 13.7 Å². The molecule has 1 aliphatic carbocycles. The quantitative estimate of drug-likeness (QED) is 0.870. The average Bonchev–Trinajstić information content (AvgIpc) is 2.66. The first-order chi connectivity index (χ1) is 8.01. The zero-order valence-electron chi connectivity index (χ0n) is 11.1. The Hall–Kier alpha value is -1.02. The summed E-state index contributed by atoms with van der Waals surface area (Å²) in [5.74, 6) is 0.915. The van der Waals surface area contributed by atoms with Gasteiger partial charge >= 0.3 is 0 Å². The monoisotopic (exact) mass is 233 g/mol. The third-order valence-corrected chi connectivity index (χ3v) is 4.19. The van der Waals surface area contributed by atoms with Gasteiger partial charge in [-0.1, -0.05) is 26.0 Å². The minimum atomic E-state index is 0.176. The molecular weight excluding hydrogens is 210 g/mol. The second-order valence-electron chi connectivity index (χ2n) is 6.05. The largest absolute Gasteiger partial charge is 0.497 e. The standard InChI is InChI=1S/C15H23NO/c1-14(2)8-9-15(10-14,11-16)12-4-6-13(17-3)7-5-12/h4-7H,8-11,16H2,1-3H3. The van der Waals surface area contributed by atoms with Gasteiger partial charge in [0.2, 0.25) is 0 Å². The summed E-state index contributed by atoms with van der Waals surface area (Å²) in [6, 6.07) is 8.43. The molecule has 2 rings (SSSR count). The van der Waals surface area contributed by atoms with E-state index in [1.165, 1.54) is 24.8 Å². The summed E-state index contributed by atoms with van der Waals surface area (Å²) in [4.78, 5) is 0. The van der Waals surface area contributed by atoms with Gasteiger partial charge in [0.05, 0.1) is 7.11 Å². The molecule has 2 nitrogen and oxygen atoms in total. The van der Waals surface area contributed by atoms with Crippen molar-refractivity contribution < 1.29 is 4.74 Å². The van der Waals surface area contributed by atoms with Gasteiger partial charge in [0.15, 0.2) is 0 Å². The number of ether oxygens (including phenoxy) is 1. The third-order valence-electron chi connectivity index (χ3n) is 4.19. The van der Waals surface area contributed by atoms with Crippen molar-refractivity contribution in [1.29, 1.82) is 0 Å². The van der Waals surface area contributed by atoms with Gasteiger partial charge in [-0.25, -0.2) is 0 Å². The fourth-order valence-electron chi connectivity index (χ4n) is 3.15. The SMILES string of the molecule is COc1ccc(C2(CN)CCC(C)(C)C2)cc1. The van der Waals surface area contributed by atoms with E-state index in [4.69, 9.17) is 10.5 Å². The molecule has 0 heterocycles. The number of hydrogen-bond acceptors (Lipinski definition) is 2. The minimum absolute atomic E-state index is 0.176. The maximum atomic E-state index is 6.06. The highest BCUT2D eigenvalue weighted by Crippen LogP contribution is 2.50. The molecule has 0 spiro atoms. The summed E-state index contributed by atoms with van der Waals surface area (Å²) in [6.45, 7) is 5.42. The summed E-state index contributed by atoms with van der Waals surface area (Å²) in [5.41, 5.74) is 8.02. The fourth-order valence-corrected chi connectivity index (χ4v) is 3.15. The van der Waals surface area contributed by atoms with Crippen molar-refractivity contribution in [2.75, 3.05) is 13.7 Å². The van der Waals surface area contributed by atoms with Crippen LogP contribution in [0.2, 0.25) is 0 Å². The summed E-state index contributed by atoms with van der Waals surface area (Å²) in [7, 11) is 1.70. The second-order valence-corrected chi connectivity index (χ2v) is 6.05. The normalized spacial score (nSPS) is 27.1. The number of nitrogens with two attached hydrogens (primary N) is 1. The molecule has 2 heteroatoms. The van der Waals surface area contributed by atoms with Crippen LogP contribution in [0.25, 0.3) is 0 Å². The number of hydrogen-bond donors (Lipinski definition) is 1. The molecule has 0 aromatic heterocycles. The Morgan fingerprint density at radius 3 is 2.24 bits per heavy atom. The van der Waals surface area contributed by atoms with Gasteiger partial charge in [-0.3, -0.25) is 0 Å². The first kappa shape index (κ1) is 12.4. The van der Waals surface area contributed by atoms with Gasteiger partial charge in [-0.2, -0.15) is 0 Å². The Morgan fingerprint density at radius 1 is 1.18 bits per heavy atom. The molecule has 1 saturated carbocycles. The van der Waals surface area contributed by atoms with Gasteiger partial charge in [0, 0.05) is 12.0 Å². The zero-order chi connectivity index (χ0) is 12.5. The molecule has 94 valence electrons. The molecule has 17 heavy (non-hydrogen) atoms. The molecular formula is C15H23NO. The highest BCUT2D eigenvalue weighted by molar-refractivity contribution is 5.34. The maximum absolute atomic E-state index is 6.06. The lowest BCUT2D eigenvalue weighted by atomic mass is 9.76. The second kappa shape index (κ2) is 4.34. The molecule has 2 N–H and O–H groups in total. The highest BCUT2D eigenvalue weighted by Gasteiger charge is 2.43. The molecule has 1 unspecified atom stereocenters. The van der Waals surface area contributed by atoms with E-state index >= 15 is 0 Å². The lowest BCUT2D eigenvalue weighted by Crippen LogP contribution is -2.33. The first-order valence-electron chi connectivity index (χ1n) is 6.36. The van der Waals surface area contributed by atoms with E-state index in [0.717, 1.165) is 12.3 Å². The van der Waals surface area contributed by atoms with E-state index in [2.05, 4.69) is 26.0 Å². The van der Waals surface area contributed by atoms with Crippen molar-refractivity contribution in [2.24, 2.45) is 11.1 Å². The molecule has 0 bridgehead atoms. The lowest BCUT2D eigenvalue weighted by molar-refractivity contribution is 0.338. The van der Waals surface area contributed by atoms with Crippen LogP contribution in [-0.2, 0) is 5.41 Å². The molecule has 1 aromatic carbocycles. The maximum Gasteiger partial charge on any atom is 0.118 e. The molecule has 0 radical (unpaired) electrons. The molecule has 0 amide bonds. The molecule has 1 fully saturated rings. The highest BCUT2D eigenvalue weighted by atomic mass is 16.5. The third kappa shape index (κ3) is 2.32. The van der Waals surface area contributed by atoms with Crippen LogP contribution < -0.4 is 10.5 Å². The average molecular weight is 233 g/mol. The summed E-state index contributed by atoms with van der Waals surface area (Å²) in [5, 5.41) is 0. The van der Waals surface area contributed by atoms with Gasteiger partial charge in [-0.05, 0) is 42.4 Å². The molecule has 0 saturated heterocycles. The van der Waals surface area contributed by atoms with Crippen molar-refractivity contribution >= 4 is 0 Å². The molecule has 1 atom stereocenters. The zero-order valence-corrected chi connectivity index (χ0v) is 11.1. The number of rotatable bonds is 3. The predicted molar refractivity (Wildman–Crippen MR) is 71.4 cm³/mol. The van der Waals surface area contributed by atoms with Crippen LogP contribution in [0.4, 0.5) is 0 Å². The van der Waals surface area contributed by atoms with E-state index in [-0.39, 0.29) is 5.41 Å². The van der Waals surface area contributed by atoms with Crippen LogP contribution in [0.1, 0.15) is 38.7 Å². The van der Waals surface area contributed by atoms with Gasteiger partial charge in [0.25, 0.3) is 0 Å². The fraction of sp³-hybridized carbons (Fsp3) is 0.600. The van der Waals surface area contributed by atoms with Crippen molar-refractivity contribution in [3.63, 3.8) is 0 Å².